The summed E-state index contributed by atoms with van der Waals surface area (Å²) in [7, 11) is 0. The third-order valence-corrected chi connectivity index (χ3v) is 2.68. The van der Waals surface area contributed by atoms with E-state index in [1.807, 2.05) is 25.1 Å². The van der Waals surface area contributed by atoms with Crippen molar-refractivity contribution >= 4 is 5.69 Å². The van der Waals surface area contributed by atoms with Gasteiger partial charge < -0.3 is 15.2 Å². The van der Waals surface area contributed by atoms with Crippen molar-refractivity contribution in [3.63, 3.8) is 0 Å². The molecule has 0 aromatic carbocycles. The van der Waals surface area contributed by atoms with Gasteiger partial charge in [0.2, 0.25) is 5.88 Å². The summed E-state index contributed by atoms with van der Waals surface area (Å²) in [4.78, 5) is 8.38. The first-order valence-electron chi connectivity index (χ1n) is 6.13. The molecule has 0 spiro atoms. The number of nitrogens with zero attached hydrogens (tertiary/aromatic N) is 2. The van der Waals surface area contributed by atoms with Gasteiger partial charge in [0.25, 0.3) is 0 Å². The van der Waals surface area contributed by atoms with Crippen molar-refractivity contribution in [3.05, 3.63) is 47.9 Å². The lowest BCUT2D eigenvalue weighted by molar-refractivity contribution is 0.196. The minimum Gasteiger partial charge on any atom is -0.475 e. The SMILES string of the molecule is Cc1ncccc1CNc1ccc(OCCO)nc1. The number of aliphatic hydroxyl groups excluding tert-OH is 1. The molecule has 0 unspecified atom stereocenters. The van der Waals surface area contributed by atoms with Crippen LogP contribution in [0, 0.1) is 6.92 Å². The van der Waals surface area contributed by atoms with Crippen LogP contribution in [0.4, 0.5) is 5.69 Å². The average molecular weight is 259 g/mol. The maximum atomic E-state index is 8.65. The lowest BCUT2D eigenvalue weighted by Crippen LogP contribution is -2.04. The minimum atomic E-state index is -0.0119. The van der Waals surface area contributed by atoms with Gasteiger partial charge in [0.15, 0.2) is 0 Å². The molecule has 0 atom stereocenters. The normalized spacial score (nSPS) is 10.2. The fourth-order valence-electron chi connectivity index (χ4n) is 1.62. The summed E-state index contributed by atoms with van der Waals surface area (Å²) in [5, 5.41) is 11.9. The van der Waals surface area contributed by atoms with Crippen LogP contribution < -0.4 is 10.1 Å². The Kier molecular flexibility index (Phi) is 4.69. The number of nitrogens with one attached hydrogen (secondary N) is 1. The third kappa shape index (κ3) is 3.93. The highest BCUT2D eigenvalue weighted by Gasteiger charge is 1.99. The van der Waals surface area contributed by atoms with E-state index < -0.39 is 0 Å². The molecule has 0 saturated carbocycles. The summed E-state index contributed by atoms with van der Waals surface area (Å²) in [6, 6.07) is 7.63. The second-order valence-corrected chi connectivity index (χ2v) is 4.06. The summed E-state index contributed by atoms with van der Waals surface area (Å²) in [6.45, 7) is 2.94. The van der Waals surface area contributed by atoms with E-state index in [-0.39, 0.29) is 13.2 Å². The Balaban J connectivity index is 1.91. The number of hydrogen-bond donors (Lipinski definition) is 2. The molecule has 0 fully saturated rings. The zero-order valence-electron chi connectivity index (χ0n) is 10.8. The Bertz CT molecular complexity index is 514. The molecule has 2 rings (SSSR count). The van der Waals surface area contributed by atoms with E-state index in [9.17, 15) is 0 Å². The van der Waals surface area contributed by atoms with Crippen LogP contribution in [0.3, 0.4) is 0 Å². The largest absolute Gasteiger partial charge is 0.475 e. The molecule has 0 saturated heterocycles. The molecular formula is C14H17N3O2. The molecule has 100 valence electrons. The van der Waals surface area contributed by atoms with Crippen LogP contribution in [0.25, 0.3) is 0 Å². The van der Waals surface area contributed by atoms with E-state index in [1.165, 1.54) is 0 Å². The number of anilines is 1. The zero-order chi connectivity index (χ0) is 13.5. The summed E-state index contributed by atoms with van der Waals surface area (Å²) >= 11 is 0. The molecule has 0 bridgehead atoms. The third-order valence-electron chi connectivity index (χ3n) is 2.68. The van der Waals surface area contributed by atoms with Crippen LogP contribution >= 0.6 is 0 Å². The van der Waals surface area contributed by atoms with Crippen molar-refractivity contribution in [1.82, 2.24) is 9.97 Å². The Morgan fingerprint density at radius 3 is 2.84 bits per heavy atom. The van der Waals surface area contributed by atoms with E-state index in [0.717, 1.165) is 16.9 Å². The van der Waals surface area contributed by atoms with E-state index in [2.05, 4.69) is 15.3 Å². The van der Waals surface area contributed by atoms with Crippen LogP contribution in [0.1, 0.15) is 11.3 Å². The molecule has 0 radical (unpaired) electrons. The number of rotatable bonds is 6. The number of aryl methyl sites for hydroxylation is 1. The fraction of sp³-hybridized carbons (Fsp3) is 0.286. The van der Waals surface area contributed by atoms with Gasteiger partial charge in [0, 0.05) is 24.5 Å². The number of aliphatic hydroxyl groups is 1. The Morgan fingerprint density at radius 2 is 2.16 bits per heavy atom. The molecule has 0 aliphatic heterocycles. The van der Waals surface area contributed by atoms with Crippen LogP contribution in [-0.2, 0) is 6.54 Å². The highest BCUT2D eigenvalue weighted by Crippen LogP contribution is 2.13. The lowest BCUT2D eigenvalue weighted by Gasteiger charge is -2.09. The maximum Gasteiger partial charge on any atom is 0.213 e. The summed E-state index contributed by atoms with van der Waals surface area (Å²) in [5.74, 6) is 0.511. The van der Waals surface area contributed by atoms with Crippen LogP contribution in [0.2, 0.25) is 0 Å². The summed E-state index contributed by atoms with van der Waals surface area (Å²) in [5.41, 5.74) is 3.09. The van der Waals surface area contributed by atoms with E-state index in [1.54, 1.807) is 18.5 Å². The quantitative estimate of drug-likeness (QED) is 0.827. The van der Waals surface area contributed by atoms with Crippen molar-refractivity contribution in [3.8, 4) is 5.88 Å². The highest BCUT2D eigenvalue weighted by atomic mass is 16.5. The monoisotopic (exact) mass is 259 g/mol. The molecule has 19 heavy (non-hydrogen) atoms. The van der Waals surface area contributed by atoms with Crippen molar-refractivity contribution in [2.24, 2.45) is 0 Å². The van der Waals surface area contributed by atoms with Crippen molar-refractivity contribution in [1.29, 1.82) is 0 Å². The van der Waals surface area contributed by atoms with Gasteiger partial charge in [-0.1, -0.05) is 6.07 Å². The van der Waals surface area contributed by atoms with Gasteiger partial charge in [0.05, 0.1) is 18.5 Å². The van der Waals surface area contributed by atoms with E-state index in [0.29, 0.717) is 12.4 Å². The molecule has 0 aliphatic carbocycles. The minimum absolute atomic E-state index is 0.0119. The predicted octanol–water partition coefficient (Wildman–Crippen LogP) is 1.77. The van der Waals surface area contributed by atoms with Crippen molar-refractivity contribution in [2.45, 2.75) is 13.5 Å². The molecule has 0 aliphatic rings. The predicted molar refractivity (Wildman–Crippen MR) is 73.1 cm³/mol. The molecule has 2 aromatic rings. The fourth-order valence-corrected chi connectivity index (χ4v) is 1.62. The highest BCUT2D eigenvalue weighted by molar-refractivity contribution is 5.43. The number of ether oxygens (including phenoxy) is 1. The zero-order valence-corrected chi connectivity index (χ0v) is 10.8. The molecule has 0 amide bonds. The summed E-state index contributed by atoms with van der Waals surface area (Å²) in [6.07, 6.45) is 3.49. The van der Waals surface area contributed by atoms with Gasteiger partial charge in [-0.05, 0) is 24.6 Å². The van der Waals surface area contributed by atoms with Crippen molar-refractivity contribution in [2.75, 3.05) is 18.5 Å². The average Bonchev–Trinajstić information content (AvgIpc) is 2.45. The van der Waals surface area contributed by atoms with Gasteiger partial charge in [-0.3, -0.25) is 4.98 Å². The molecule has 2 N–H and O–H groups in total. The smallest absolute Gasteiger partial charge is 0.213 e. The second-order valence-electron chi connectivity index (χ2n) is 4.06. The van der Waals surface area contributed by atoms with Gasteiger partial charge in [-0.2, -0.15) is 0 Å². The van der Waals surface area contributed by atoms with E-state index in [4.69, 9.17) is 9.84 Å². The molecule has 5 heteroatoms. The standard InChI is InChI=1S/C14H17N3O2/c1-11-12(3-2-6-15-11)9-16-13-4-5-14(17-10-13)19-8-7-18/h2-6,10,16,18H,7-9H2,1H3. The topological polar surface area (TPSA) is 67.3 Å². The van der Waals surface area contributed by atoms with Gasteiger partial charge in [-0.15, -0.1) is 0 Å². The molecule has 2 heterocycles. The number of hydrogen-bond acceptors (Lipinski definition) is 5. The second kappa shape index (κ2) is 6.70. The molecular weight excluding hydrogens is 242 g/mol. The van der Waals surface area contributed by atoms with E-state index >= 15 is 0 Å². The Labute approximate surface area is 112 Å². The molecule has 2 aromatic heterocycles. The van der Waals surface area contributed by atoms with Crippen LogP contribution in [-0.4, -0.2) is 28.3 Å². The maximum absolute atomic E-state index is 8.65. The lowest BCUT2D eigenvalue weighted by atomic mass is 10.2. The van der Waals surface area contributed by atoms with Gasteiger partial charge >= 0.3 is 0 Å². The van der Waals surface area contributed by atoms with Crippen LogP contribution in [0.5, 0.6) is 5.88 Å². The van der Waals surface area contributed by atoms with Gasteiger partial charge in [-0.25, -0.2) is 4.98 Å². The first kappa shape index (κ1) is 13.3. The number of aromatic nitrogens is 2. The Hall–Kier alpha value is -2.14. The number of pyridine rings is 2. The van der Waals surface area contributed by atoms with Crippen molar-refractivity contribution < 1.29 is 9.84 Å². The first-order valence-corrected chi connectivity index (χ1v) is 6.13. The summed E-state index contributed by atoms with van der Waals surface area (Å²) < 4.78 is 5.19. The molecule has 5 nitrogen and oxygen atoms in total. The van der Waals surface area contributed by atoms with Gasteiger partial charge in [0.1, 0.15) is 6.61 Å². The Morgan fingerprint density at radius 1 is 1.26 bits per heavy atom. The first-order chi connectivity index (χ1) is 9.29. The van der Waals surface area contributed by atoms with Crippen LogP contribution in [0.15, 0.2) is 36.7 Å².